The molecule has 0 atom stereocenters. The summed E-state index contributed by atoms with van der Waals surface area (Å²) in [6.45, 7) is 18.9. The Kier molecular flexibility index (Phi) is 10.6. The second kappa shape index (κ2) is 10.6. The molecule has 0 amide bonds. The van der Waals surface area contributed by atoms with E-state index in [1.807, 2.05) is 0 Å². The van der Waals surface area contributed by atoms with Gasteiger partial charge in [-0.25, -0.2) is 0 Å². The summed E-state index contributed by atoms with van der Waals surface area (Å²) in [5.41, 5.74) is 2.53. The molecule has 0 radical (unpaired) electrons. The van der Waals surface area contributed by atoms with Gasteiger partial charge in [0.1, 0.15) is 0 Å². The fraction of sp³-hybridized carbons (Fsp3) is 0.875. The summed E-state index contributed by atoms with van der Waals surface area (Å²) in [7, 11) is -1.61. The van der Waals surface area contributed by atoms with Crippen molar-refractivity contribution in [3.8, 4) is 0 Å². The second-order valence-corrected chi connectivity index (χ2v) is 9.35. The Morgan fingerprint density at radius 3 is 1.26 bits per heavy atom. The zero-order valence-corrected chi connectivity index (χ0v) is 15.2. The molecular weight excluding hydrogens is 248 g/mol. The third kappa shape index (κ3) is 5.80. The van der Waals surface area contributed by atoms with Crippen molar-refractivity contribution >= 4 is 8.40 Å². The average molecular weight is 285 g/mol. The molecule has 0 bridgehead atoms. The van der Waals surface area contributed by atoms with Crippen molar-refractivity contribution in [2.75, 3.05) is 26.2 Å². The van der Waals surface area contributed by atoms with Gasteiger partial charge in [0.25, 0.3) is 0 Å². The summed E-state index contributed by atoms with van der Waals surface area (Å²) in [6.07, 6.45) is 7.31. The molecule has 0 aliphatic rings. The van der Waals surface area contributed by atoms with Gasteiger partial charge < -0.3 is 9.13 Å². The van der Waals surface area contributed by atoms with E-state index in [2.05, 4.69) is 62.1 Å². The molecule has 19 heavy (non-hydrogen) atoms. The molecule has 0 heterocycles. The Hall–Kier alpha value is -0.123. The van der Waals surface area contributed by atoms with Crippen molar-refractivity contribution in [1.82, 2.24) is 9.13 Å². The molecule has 0 saturated heterocycles. The maximum atomic E-state index is 2.79. The SMILES string of the molecule is CC=C[Si](C)(N(CCC)CCC)N(CCC)CCC. The fourth-order valence-electron chi connectivity index (χ4n) is 2.94. The maximum absolute atomic E-state index is 2.79. The Morgan fingerprint density at radius 1 is 0.737 bits per heavy atom. The van der Waals surface area contributed by atoms with Crippen LogP contribution >= 0.6 is 0 Å². The van der Waals surface area contributed by atoms with Gasteiger partial charge in [-0.2, -0.15) is 0 Å². The smallest absolute Gasteiger partial charge is 0.228 e. The number of hydrogen-bond acceptors (Lipinski definition) is 2. The van der Waals surface area contributed by atoms with Crippen LogP contribution in [-0.2, 0) is 0 Å². The van der Waals surface area contributed by atoms with E-state index >= 15 is 0 Å². The third-order valence-corrected chi connectivity index (χ3v) is 8.16. The van der Waals surface area contributed by atoms with Crippen LogP contribution < -0.4 is 0 Å². The molecule has 0 fully saturated rings. The molecule has 0 aromatic rings. The van der Waals surface area contributed by atoms with Crippen LogP contribution in [0.3, 0.4) is 0 Å². The summed E-state index contributed by atoms with van der Waals surface area (Å²) < 4.78 is 5.58. The normalized spacial score (nSPS) is 13.1. The van der Waals surface area contributed by atoms with Crippen LogP contribution in [-0.4, -0.2) is 43.7 Å². The second-order valence-electron chi connectivity index (χ2n) is 5.57. The van der Waals surface area contributed by atoms with Crippen molar-refractivity contribution in [3.05, 3.63) is 11.8 Å². The minimum Gasteiger partial charge on any atom is -0.309 e. The van der Waals surface area contributed by atoms with Gasteiger partial charge in [0.2, 0.25) is 8.40 Å². The predicted octanol–water partition coefficient (Wildman–Crippen LogP) is 4.42. The largest absolute Gasteiger partial charge is 0.309 e. The van der Waals surface area contributed by atoms with E-state index in [1.165, 1.54) is 51.9 Å². The van der Waals surface area contributed by atoms with Crippen molar-refractivity contribution in [3.63, 3.8) is 0 Å². The first-order valence-electron chi connectivity index (χ1n) is 8.24. The Balaban J connectivity index is 5.22. The Morgan fingerprint density at radius 2 is 1.05 bits per heavy atom. The van der Waals surface area contributed by atoms with Gasteiger partial charge >= 0.3 is 0 Å². The Bertz CT molecular complexity index is 213. The topological polar surface area (TPSA) is 6.48 Å². The van der Waals surface area contributed by atoms with E-state index in [1.54, 1.807) is 0 Å². The van der Waals surface area contributed by atoms with E-state index in [0.717, 1.165) is 0 Å². The number of hydrogen-bond donors (Lipinski definition) is 0. The van der Waals surface area contributed by atoms with Crippen molar-refractivity contribution in [2.45, 2.75) is 66.8 Å². The molecule has 0 rings (SSSR count). The average Bonchev–Trinajstić information content (AvgIpc) is 2.38. The molecule has 2 nitrogen and oxygen atoms in total. The minimum absolute atomic E-state index is 1.24. The minimum atomic E-state index is -1.61. The molecule has 114 valence electrons. The maximum Gasteiger partial charge on any atom is 0.228 e. The summed E-state index contributed by atoms with van der Waals surface area (Å²) in [5.74, 6) is 0. The molecule has 0 aromatic heterocycles. The van der Waals surface area contributed by atoms with Gasteiger partial charge in [0.05, 0.1) is 0 Å². The molecule has 0 saturated carbocycles. The highest BCUT2D eigenvalue weighted by Crippen LogP contribution is 2.20. The van der Waals surface area contributed by atoms with Crippen molar-refractivity contribution < 1.29 is 0 Å². The molecule has 0 N–H and O–H groups in total. The van der Waals surface area contributed by atoms with Gasteiger partial charge in [-0.15, -0.1) is 0 Å². The molecule has 0 unspecified atom stereocenters. The van der Waals surface area contributed by atoms with Crippen LogP contribution in [0.4, 0.5) is 0 Å². The first-order valence-corrected chi connectivity index (χ1v) is 10.7. The van der Waals surface area contributed by atoms with Gasteiger partial charge in [0, 0.05) is 0 Å². The van der Waals surface area contributed by atoms with Gasteiger partial charge in [-0.3, -0.25) is 0 Å². The fourth-order valence-corrected chi connectivity index (χ4v) is 7.09. The van der Waals surface area contributed by atoms with Crippen LogP contribution in [0.5, 0.6) is 0 Å². The van der Waals surface area contributed by atoms with E-state index in [9.17, 15) is 0 Å². The van der Waals surface area contributed by atoms with Crippen LogP contribution in [0.15, 0.2) is 11.8 Å². The van der Waals surface area contributed by atoms with Gasteiger partial charge in [0.15, 0.2) is 0 Å². The monoisotopic (exact) mass is 284 g/mol. The lowest BCUT2D eigenvalue weighted by atomic mass is 10.4. The van der Waals surface area contributed by atoms with Crippen LogP contribution in [0.2, 0.25) is 6.55 Å². The molecule has 0 aliphatic heterocycles. The highest BCUT2D eigenvalue weighted by Gasteiger charge is 2.37. The third-order valence-electron chi connectivity index (χ3n) is 3.74. The number of rotatable bonds is 11. The highest BCUT2D eigenvalue weighted by molar-refractivity contribution is 6.78. The molecule has 0 aromatic carbocycles. The molecule has 3 heteroatoms. The van der Waals surface area contributed by atoms with E-state index in [4.69, 9.17) is 0 Å². The standard InChI is InChI=1S/C16H36N2Si/c1-7-12-17(13-8-2)19(6,16-11-5)18(14-9-3)15-10-4/h11,16H,7-10,12-15H2,1-6H3. The van der Waals surface area contributed by atoms with Crippen LogP contribution in [0.1, 0.15) is 60.3 Å². The van der Waals surface area contributed by atoms with Crippen molar-refractivity contribution in [1.29, 1.82) is 0 Å². The molecule has 0 aliphatic carbocycles. The molecular formula is C16H36N2Si. The van der Waals surface area contributed by atoms with Gasteiger partial charge in [-0.1, -0.05) is 39.5 Å². The summed E-state index contributed by atoms with van der Waals surface area (Å²) in [4.78, 5) is 0. The first kappa shape index (κ1) is 18.9. The summed E-state index contributed by atoms with van der Waals surface area (Å²) >= 11 is 0. The quantitative estimate of drug-likeness (QED) is 0.518. The van der Waals surface area contributed by atoms with E-state index in [0.29, 0.717) is 0 Å². The number of allylic oxidation sites excluding steroid dienone is 1. The highest BCUT2D eigenvalue weighted by atomic mass is 28.3. The molecule has 0 spiro atoms. The zero-order chi connectivity index (χ0) is 14.7. The van der Waals surface area contributed by atoms with E-state index < -0.39 is 8.40 Å². The summed E-state index contributed by atoms with van der Waals surface area (Å²) in [5, 5.41) is 0. The summed E-state index contributed by atoms with van der Waals surface area (Å²) in [6, 6.07) is 0. The lowest BCUT2D eigenvalue weighted by Crippen LogP contribution is -2.63. The van der Waals surface area contributed by atoms with Crippen LogP contribution in [0, 0.1) is 0 Å². The van der Waals surface area contributed by atoms with Gasteiger partial charge in [-0.05, 0) is 65.3 Å². The zero-order valence-electron chi connectivity index (χ0n) is 14.2. The van der Waals surface area contributed by atoms with E-state index in [-0.39, 0.29) is 0 Å². The number of nitrogens with zero attached hydrogens (tertiary/aromatic N) is 2. The predicted molar refractivity (Wildman–Crippen MR) is 90.7 cm³/mol. The van der Waals surface area contributed by atoms with Crippen molar-refractivity contribution in [2.24, 2.45) is 0 Å². The lowest BCUT2D eigenvalue weighted by molar-refractivity contribution is 0.328. The first-order chi connectivity index (χ1) is 9.10. The lowest BCUT2D eigenvalue weighted by Gasteiger charge is -2.45. The Labute approximate surface area is 123 Å². The van der Waals surface area contributed by atoms with Crippen LogP contribution in [0.25, 0.3) is 0 Å².